The highest BCUT2D eigenvalue weighted by Gasteiger charge is 2.45. The molecule has 4 heteroatoms. The third kappa shape index (κ3) is 1.56. The van der Waals surface area contributed by atoms with Crippen molar-refractivity contribution in [2.75, 3.05) is 13.2 Å². The van der Waals surface area contributed by atoms with Crippen LogP contribution in [0.15, 0.2) is 0 Å². The second kappa shape index (κ2) is 3.05. The Morgan fingerprint density at radius 1 is 1.38 bits per heavy atom. The first kappa shape index (κ1) is 8.41. The van der Waals surface area contributed by atoms with Gasteiger partial charge in [0.2, 0.25) is 0 Å². The predicted octanol–water partition coefficient (Wildman–Crippen LogP) is 0.494. The molecule has 13 heavy (non-hydrogen) atoms. The van der Waals surface area contributed by atoms with Crippen molar-refractivity contribution in [2.45, 2.75) is 36.9 Å². The summed E-state index contributed by atoms with van der Waals surface area (Å²) in [7, 11) is 3.70. The summed E-state index contributed by atoms with van der Waals surface area (Å²) >= 11 is 0. The number of fused-ring (bicyclic) bond motifs is 2. The first-order valence-corrected chi connectivity index (χ1v) is 5.50. The molecule has 0 aromatic carbocycles. The predicted molar refractivity (Wildman–Crippen MR) is 46.6 cm³/mol. The Morgan fingerprint density at radius 2 is 2.23 bits per heavy atom. The van der Waals surface area contributed by atoms with Gasteiger partial charge >= 0.3 is 0 Å². The van der Waals surface area contributed by atoms with Crippen molar-refractivity contribution in [1.82, 2.24) is 0 Å². The number of hydrogen-bond donors (Lipinski definition) is 0. The lowest BCUT2D eigenvalue weighted by Crippen LogP contribution is -2.26. The van der Waals surface area contributed by atoms with Crippen LogP contribution >= 0.6 is 0 Å². The van der Waals surface area contributed by atoms with Gasteiger partial charge in [-0.05, 0) is 18.4 Å². The van der Waals surface area contributed by atoms with Gasteiger partial charge < -0.3 is 14.2 Å². The van der Waals surface area contributed by atoms with Crippen LogP contribution in [0.3, 0.4) is 0 Å². The van der Waals surface area contributed by atoms with Crippen LogP contribution in [-0.4, -0.2) is 42.0 Å². The van der Waals surface area contributed by atoms with E-state index in [2.05, 4.69) is 10.2 Å². The topological polar surface area (TPSA) is 31.0 Å². The van der Waals surface area contributed by atoms with Gasteiger partial charge in [0.15, 0.2) is 6.29 Å². The minimum Gasteiger partial charge on any atom is -0.375 e. The third-order valence-electron chi connectivity index (χ3n) is 3.09. The fraction of sp³-hybridized carbons (Fsp3) is 1.00. The highest BCUT2D eigenvalue weighted by molar-refractivity contribution is 6.12. The molecule has 3 rings (SSSR count). The minimum atomic E-state index is 0.0901. The van der Waals surface area contributed by atoms with Gasteiger partial charge in [-0.15, -0.1) is 0 Å². The van der Waals surface area contributed by atoms with Crippen LogP contribution in [0, 0.1) is 5.92 Å². The molecule has 0 amide bonds. The Hall–Kier alpha value is 0.0969. The largest absolute Gasteiger partial charge is 0.375 e. The van der Waals surface area contributed by atoms with E-state index in [4.69, 9.17) is 14.2 Å². The molecule has 5 atom stereocenters. The zero-order valence-electron chi connectivity index (χ0n) is 7.44. The summed E-state index contributed by atoms with van der Waals surface area (Å²) < 4.78 is 16.3. The van der Waals surface area contributed by atoms with Crippen LogP contribution in [0.1, 0.15) is 12.8 Å². The Morgan fingerprint density at radius 3 is 2.85 bits per heavy atom. The monoisotopic (exact) mass is 197 g/mol. The number of ether oxygens (including phenoxy) is 3. The maximum absolute atomic E-state index is 5.78. The molecule has 5 unspecified atom stereocenters. The highest BCUT2D eigenvalue weighted by atomic mass is 28.1. The average molecular weight is 197 g/mol. The fourth-order valence-corrected chi connectivity index (χ4v) is 3.00. The lowest BCUT2D eigenvalue weighted by molar-refractivity contribution is 0.00857. The van der Waals surface area contributed by atoms with Gasteiger partial charge in [0.05, 0.1) is 18.8 Å². The highest BCUT2D eigenvalue weighted by Crippen LogP contribution is 2.44. The van der Waals surface area contributed by atoms with Crippen LogP contribution < -0.4 is 0 Å². The van der Waals surface area contributed by atoms with Crippen LogP contribution in [0.2, 0.25) is 5.54 Å². The first-order chi connectivity index (χ1) is 6.33. The molecule has 0 aromatic heterocycles. The third-order valence-corrected chi connectivity index (χ3v) is 3.66. The number of epoxide rings is 1. The molecule has 3 heterocycles. The van der Waals surface area contributed by atoms with E-state index in [-0.39, 0.29) is 6.29 Å². The van der Waals surface area contributed by atoms with Gasteiger partial charge in [0, 0.05) is 16.2 Å². The maximum atomic E-state index is 5.78. The molecule has 71 valence electrons. The molecule has 0 spiro atoms. The summed E-state index contributed by atoms with van der Waals surface area (Å²) in [5.41, 5.74) is 0.535. The van der Waals surface area contributed by atoms with E-state index in [1.807, 2.05) is 0 Å². The molecule has 3 radical (unpaired) electrons. The van der Waals surface area contributed by atoms with Crippen molar-refractivity contribution in [3.05, 3.63) is 0 Å². The van der Waals surface area contributed by atoms with Crippen molar-refractivity contribution in [3.8, 4) is 0 Å². The molecule has 0 N–H and O–H groups in total. The molecule has 3 fully saturated rings. The van der Waals surface area contributed by atoms with E-state index in [1.165, 1.54) is 6.42 Å². The van der Waals surface area contributed by atoms with Gasteiger partial charge in [-0.2, -0.15) is 0 Å². The molecule has 2 bridgehead atoms. The van der Waals surface area contributed by atoms with Crippen molar-refractivity contribution in [3.63, 3.8) is 0 Å². The van der Waals surface area contributed by atoms with E-state index >= 15 is 0 Å². The molecule has 0 aromatic rings. The summed E-state index contributed by atoms with van der Waals surface area (Å²) in [6.45, 7) is 1.58. The molecular weight excluding hydrogens is 184 g/mol. The lowest BCUT2D eigenvalue weighted by atomic mass is 9.89. The molecular formula is C9H13O3Si. The maximum Gasteiger partial charge on any atom is 0.181 e. The Kier molecular flexibility index (Phi) is 1.97. The second-order valence-electron chi connectivity index (χ2n) is 4.16. The van der Waals surface area contributed by atoms with Crippen LogP contribution in [0.25, 0.3) is 0 Å². The van der Waals surface area contributed by atoms with Gasteiger partial charge in [-0.3, -0.25) is 0 Å². The second-order valence-corrected chi connectivity index (χ2v) is 4.90. The van der Waals surface area contributed by atoms with Crippen molar-refractivity contribution in [1.29, 1.82) is 0 Å². The molecule has 3 saturated heterocycles. The summed E-state index contributed by atoms with van der Waals surface area (Å²) in [5.74, 6) is 0.574. The lowest BCUT2D eigenvalue weighted by Gasteiger charge is -2.22. The van der Waals surface area contributed by atoms with Crippen molar-refractivity contribution < 1.29 is 14.2 Å². The minimum absolute atomic E-state index is 0.0901. The Labute approximate surface area is 81.2 Å². The summed E-state index contributed by atoms with van der Waals surface area (Å²) in [6.07, 6.45) is 3.27. The Balaban J connectivity index is 1.53. The van der Waals surface area contributed by atoms with E-state index < -0.39 is 0 Å². The quantitative estimate of drug-likeness (QED) is 0.487. The summed E-state index contributed by atoms with van der Waals surface area (Å²) in [4.78, 5) is 0. The SMILES string of the molecule is [Si]C1CC2CC(COC3CO3)C1O2. The van der Waals surface area contributed by atoms with Crippen molar-refractivity contribution >= 4 is 10.2 Å². The molecule has 3 aliphatic heterocycles. The van der Waals surface area contributed by atoms with Crippen LogP contribution in [0.5, 0.6) is 0 Å². The molecule has 0 aliphatic carbocycles. The van der Waals surface area contributed by atoms with Gasteiger partial charge in [-0.1, -0.05) is 0 Å². The normalized spacial score (nSPS) is 52.8. The van der Waals surface area contributed by atoms with Gasteiger partial charge in [0.1, 0.15) is 6.61 Å². The molecule has 0 saturated carbocycles. The van der Waals surface area contributed by atoms with Crippen LogP contribution in [0.4, 0.5) is 0 Å². The number of rotatable bonds is 3. The van der Waals surface area contributed by atoms with Crippen molar-refractivity contribution in [2.24, 2.45) is 5.92 Å². The first-order valence-electron chi connectivity index (χ1n) is 4.92. The van der Waals surface area contributed by atoms with E-state index in [1.54, 1.807) is 0 Å². The zero-order chi connectivity index (χ0) is 8.84. The van der Waals surface area contributed by atoms with Crippen LogP contribution in [-0.2, 0) is 14.2 Å². The Bertz CT molecular complexity index is 207. The zero-order valence-corrected chi connectivity index (χ0v) is 8.44. The standard InChI is InChI=1S/C9H13O3Si/c13-7-2-6-1-5(9(7)12-6)3-10-8-4-11-8/h5-9H,1-4H2. The summed E-state index contributed by atoms with van der Waals surface area (Å²) in [5, 5.41) is 0. The van der Waals surface area contributed by atoms with E-state index in [0.29, 0.717) is 23.7 Å². The summed E-state index contributed by atoms with van der Waals surface area (Å²) in [6, 6.07) is 0. The molecule has 3 nitrogen and oxygen atoms in total. The van der Waals surface area contributed by atoms with Gasteiger partial charge in [0.25, 0.3) is 0 Å². The fourth-order valence-electron chi connectivity index (χ4n) is 2.38. The smallest absolute Gasteiger partial charge is 0.181 e. The number of hydrogen-bond acceptors (Lipinski definition) is 3. The van der Waals surface area contributed by atoms with E-state index in [0.717, 1.165) is 19.6 Å². The van der Waals surface area contributed by atoms with Gasteiger partial charge in [-0.25, -0.2) is 0 Å². The van der Waals surface area contributed by atoms with E-state index in [9.17, 15) is 0 Å². The molecule has 3 aliphatic rings. The average Bonchev–Trinajstić information content (AvgIpc) is 2.76.